The quantitative estimate of drug-likeness (QED) is 0.444. The molecule has 0 saturated heterocycles. The number of ether oxygens (including phenoxy) is 1. The van der Waals surface area contributed by atoms with E-state index in [9.17, 15) is 9.59 Å². The van der Waals surface area contributed by atoms with Gasteiger partial charge in [0.05, 0.1) is 7.11 Å². The maximum atomic E-state index is 11.2. The summed E-state index contributed by atoms with van der Waals surface area (Å²) in [5.41, 5.74) is 0. The summed E-state index contributed by atoms with van der Waals surface area (Å²) < 4.78 is 2.85. The van der Waals surface area contributed by atoms with Gasteiger partial charge in [0.15, 0.2) is 3.79 Å². The molecule has 0 aliphatic heterocycles. The number of Topliss-reactive ketones (excluding diaryl/α,β-unsaturated/α-hetero) is 1. The van der Waals surface area contributed by atoms with Gasteiger partial charge < -0.3 is 4.74 Å². The van der Waals surface area contributed by atoms with Crippen LogP contribution in [0.15, 0.2) is 0 Å². The molecule has 0 radical (unpaired) electrons. The summed E-state index contributed by atoms with van der Waals surface area (Å²) in [6.45, 7) is 1.63. The maximum Gasteiger partial charge on any atom is 0.313 e. The zero-order valence-electron chi connectivity index (χ0n) is 7.85. The largest absolute Gasteiger partial charge is 0.469 e. The highest BCUT2D eigenvalue weighted by Gasteiger charge is 2.30. The molecule has 0 aliphatic carbocycles. The average molecular weight is 262 g/mol. The van der Waals surface area contributed by atoms with E-state index in [1.165, 1.54) is 7.11 Å². The Morgan fingerprint density at radius 2 is 1.86 bits per heavy atom. The second-order valence-electron chi connectivity index (χ2n) is 2.94. The molecule has 0 saturated carbocycles. The molecule has 3 nitrogen and oxygen atoms in total. The average Bonchev–Trinajstić information content (AvgIpc) is 2.02. The fourth-order valence-electron chi connectivity index (χ4n) is 0.763. The lowest BCUT2D eigenvalue weighted by molar-refractivity contribution is -0.143. The Labute approximate surface area is 97.6 Å². The minimum absolute atomic E-state index is 0.0472. The van der Waals surface area contributed by atoms with Gasteiger partial charge in [0.1, 0.15) is 12.2 Å². The molecule has 82 valence electrons. The summed E-state index contributed by atoms with van der Waals surface area (Å²) in [5.74, 6) is -1.30. The number of methoxy groups -OCH3 is 1. The first-order valence-electron chi connectivity index (χ1n) is 3.92. The molecular weight excluding hydrogens is 250 g/mol. The SMILES string of the molecule is COC(=O)CC(=O)CC(C)C(Cl)(Cl)Cl. The molecule has 0 N–H and O–H groups in total. The third-order valence-corrected chi connectivity index (χ3v) is 2.78. The smallest absolute Gasteiger partial charge is 0.313 e. The molecule has 0 amide bonds. The summed E-state index contributed by atoms with van der Waals surface area (Å²) in [5, 5.41) is 0. The zero-order valence-corrected chi connectivity index (χ0v) is 10.1. The number of alkyl halides is 3. The van der Waals surface area contributed by atoms with Crippen LogP contribution in [0.5, 0.6) is 0 Å². The molecule has 1 unspecified atom stereocenters. The van der Waals surface area contributed by atoms with Gasteiger partial charge in [-0.15, -0.1) is 0 Å². The minimum Gasteiger partial charge on any atom is -0.469 e. The van der Waals surface area contributed by atoms with Crippen molar-refractivity contribution < 1.29 is 14.3 Å². The van der Waals surface area contributed by atoms with E-state index in [1.807, 2.05) is 0 Å². The summed E-state index contributed by atoms with van der Waals surface area (Å²) in [6.07, 6.45) is -0.229. The predicted octanol–water partition coefficient (Wildman–Crippen LogP) is 2.52. The van der Waals surface area contributed by atoms with Crippen molar-refractivity contribution in [2.45, 2.75) is 23.6 Å². The molecule has 0 aromatic heterocycles. The van der Waals surface area contributed by atoms with Gasteiger partial charge in [-0.05, 0) is 0 Å². The standard InChI is InChI=1S/C8H11Cl3O3/c1-5(8(9,10)11)3-6(12)4-7(13)14-2/h5H,3-4H2,1-2H3. The van der Waals surface area contributed by atoms with Crippen LogP contribution >= 0.6 is 34.8 Å². The van der Waals surface area contributed by atoms with E-state index in [4.69, 9.17) is 34.8 Å². The monoisotopic (exact) mass is 260 g/mol. The fraction of sp³-hybridized carbons (Fsp3) is 0.750. The fourth-order valence-corrected chi connectivity index (χ4v) is 0.994. The van der Waals surface area contributed by atoms with Crippen molar-refractivity contribution >= 4 is 46.6 Å². The van der Waals surface area contributed by atoms with E-state index in [-0.39, 0.29) is 18.6 Å². The Bertz CT molecular complexity index is 222. The second-order valence-corrected chi connectivity index (χ2v) is 5.31. The molecule has 0 aromatic carbocycles. The van der Waals surface area contributed by atoms with Crippen molar-refractivity contribution in [3.8, 4) is 0 Å². The molecular formula is C8H11Cl3O3. The maximum absolute atomic E-state index is 11.2. The van der Waals surface area contributed by atoms with Gasteiger partial charge in [0.2, 0.25) is 0 Å². The van der Waals surface area contributed by atoms with Crippen LogP contribution in [-0.2, 0) is 14.3 Å². The first-order chi connectivity index (χ1) is 6.27. The summed E-state index contributed by atoms with van der Waals surface area (Å²) >= 11 is 16.7. The molecule has 0 bridgehead atoms. The van der Waals surface area contributed by atoms with Crippen molar-refractivity contribution in [2.24, 2.45) is 5.92 Å². The highest BCUT2D eigenvalue weighted by atomic mass is 35.6. The molecule has 0 rings (SSSR count). The topological polar surface area (TPSA) is 43.4 Å². The highest BCUT2D eigenvalue weighted by molar-refractivity contribution is 6.67. The van der Waals surface area contributed by atoms with E-state index in [0.717, 1.165) is 0 Å². The lowest BCUT2D eigenvalue weighted by atomic mass is 10.0. The molecule has 0 spiro atoms. The van der Waals surface area contributed by atoms with Crippen LogP contribution in [0.2, 0.25) is 0 Å². The Morgan fingerprint density at radius 1 is 1.36 bits per heavy atom. The number of rotatable bonds is 4. The Balaban J connectivity index is 4.01. The molecule has 0 fully saturated rings. The molecule has 0 heterocycles. The lowest BCUT2D eigenvalue weighted by Crippen LogP contribution is -2.21. The third kappa shape index (κ3) is 5.68. The summed E-state index contributed by atoms with van der Waals surface area (Å²) in [6, 6.07) is 0. The Morgan fingerprint density at radius 3 is 2.21 bits per heavy atom. The minimum atomic E-state index is -1.48. The van der Waals surface area contributed by atoms with Gasteiger partial charge in [-0.2, -0.15) is 0 Å². The van der Waals surface area contributed by atoms with Crippen molar-refractivity contribution in [2.75, 3.05) is 7.11 Å². The highest BCUT2D eigenvalue weighted by Crippen LogP contribution is 2.36. The molecule has 0 aliphatic rings. The molecule has 6 heteroatoms. The Kier molecular flexibility index (Phi) is 5.79. The Hall–Kier alpha value is 0.01000. The van der Waals surface area contributed by atoms with Crippen LogP contribution in [0, 0.1) is 5.92 Å². The van der Waals surface area contributed by atoms with Crippen LogP contribution in [0.25, 0.3) is 0 Å². The van der Waals surface area contributed by atoms with E-state index < -0.39 is 15.7 Å². The molecule has 1 atom stereocenters. The van der Waals surface area contributed by atoms with Gasteiger partial charge in [-0.3, -0.25) is 9.59 Å². The van der Waals surface area contributed by atoms with Gasteiger partial charge in [-0.1, -0.05) is 41.7 Å². The normalized spacial score (nSPS) is 13.5. The zero-order chi connectivity index (χ0) is 11.4. The predicted molar refractivity (Wildman–Crippen MR) is 55.7 cm³/mol. The first-order valence-corrected chi connectivity index (χ1v) is 5.06. The molecule has 0 aromatic rings. The van der Waals surface area contributed by atoms with E-state index >= 15 is 0 Å². The number of ketones is 1. The van der Waals surface area contributed by atoms with Crippen molar-refractivity contribution in [3.63, 3.8) is 0 Å². The van der Waals surface area contributed by atoms with Crippen LogP contribution in [0.4, 0.5) is 0 Å². The van der Waals surface area contributed by atoms with Crippen molar-refractivity contribution in [1.82, 2.24) is 0 Å². The van der Waals surface area contributed by atoms with Crippen LogP contribution in [-0.4, -0.2) is 22.7 Å². The molecule has 14 heavy (non-hydrogen) atoms. The number of hydrogen-bond donors (Lipinski definition) is 0. The number of halogens is 3. The van der Waals surface area contributed by atoms with E-state index in [0.29, 0.717) is 0 Å². The van der Waals surface area contributed by atoms with E-state index in [2.05, 4.69) is 4.74 Å². The van der Waals surface area contributed by atoms with Gasteiger partial charge in [0, 0.05) is 12.3 Å². The number of carbonyl (C=O) groups is 2. The van der Waals surface area contributed by atoms with Crippen LogP contribution < -0.4 is 0 Å². The number of hydrogen-bond acceptors (Lipinski definition) is 3. The summed E-state index contributed by atoms with van der Waals surface area (Å²) in [4.78, 5) is 21.9. The van der Waals surface area contributed by atoms with Crippen LogP contribution in [0.1, 0.15) is 19.8 Å². The van der Waals surface area contributed by atoms with Gasteiger partial charge in [0.25, 0.3) is 0 Å². The van der Waals surface area contributed by atoms with Gasteiger partial charge in [-0.25, -0.2) is 0 Å². The second kappa shape index (κ2) is 5.79. The van der Waals surface area contributed by atoms with Crippen molar-refractivity contribution in [3.05, 3.63) is 0 Å². The lowest BCUT2D eigenvalue weighted by Gasteiger charge is -2.18. The third-order valence-electron chi connectivity index (χ3n) is 1.66. The van der Waals surface area contributed by atoms with Gasteiger partial charge >= 0.3 is 5.97 Å². The number of esters is 1. The first kappa shape index (κ1) is 14.0. The van der Waals surface area contributed by atoms with Crippen molar-refractivity contribution in [1.29, 1.82) is 0 Å². The van der Waals surface area contributed by atoms with E-state index in [1.54, 1.807) is 6.92 Å². The number of carbonyl (C=O) groups excluding carboxylic acids is 2. The summed E-state index contributed by atoms with van der Waals surface area (Å²) in [7, 11) is 1.22. The van der Waals surface area contributed by atoms with Crippen LogP contribution in [0.3, 0.4) is 0 Å².